The van der Waals surface area contributed by atoms with Crippen LogP contribution in [-0.4, -0.2) is 24.0 Å². The Labute approximate surface area is 111 Å². The van der Waals surface area contributed by atoms with Crippen LogP contribution in [-0.2, 0) is 0 Å². The predicted molar refractivity (Wildman–Crippen MR) is 78.1 cm³/mol. The largest absolute Gasteiger partial charge is 0.368 e. The zero-order valence-corrected chi connectivity index (χ0v) is 12.3. The summed E-state index contributed by atoms with van der Waals surface area (Å²) >= 11 is 0. The van der Waals surface area contributed by atoms with E-state index in [0.717, 1.165) is 13.1 Å². The maximum atomic E-state index is 5.89. The van der Waals surface area contributed by atoms with Gasteiger partial charge < -0.3 is 10.6 Å². The third-order valence-corrected chi connectivity index (χ3v) is 4.05. The number of hydrogen-bond acceptors (Lipinski definition) is 2. The van der Waals surface area contributed by atoms with Crippen molar-refractivity contribution < 1.29 is 0 Å². The van der Waals surface area contributed by atoms with Crippen molar-refractivity contribution in [2.45, 2.75) is 40.7 Å². The maximum Gasteiger partial charge on any atom is 0.0395 e. The van der Waals surface area contributed by atoms with Gasteiger partial charge in [0.05, 0.1) is 0 Å². The molecule has 0 aromatic rings. The summed E-state index contributed by atoms with van der Waals surface area (Å²) in [5.74, 6) is 0.501. The van der Waals surface area contributed by atoms with Crippen LogP contribution in [0.25, 0.3) is 0 Å². The molecule has 0 radical (unpaired) electrons. The lowest BCUT2D eigenvalue weighted by atomic mass is 9.84. The van der Waals surface area contributed by atoms with Crippen LogP contribution >= 0.6 is 0 Å². The van der Waals surface area contributed by atoms with Crippen molar-refractivity contribution in [1.82, 2.24) is 4.90 Å². The summed E-state index contributed by atoms with van der Waals surface area (Å²) in [5, 5.41) is 0. The molecule has 1 unspecified atom stereocenters. The van der Waals surface area contributed by atoms with Gasteiger partial charge in [0.1, 0.15) is 0 Å². The number of nitrogens with two attached hydrogens (primary N) is 1. The fourth-order valence-electron chi connectivity index (χ4n) is 2.55. The first kappa shape index (κ1) is 13.4. The minimum atomic E-state index is 0.214. The molecule has 1 fully saturated rings. The average molecular weight is 246 g/mol. The van der Waals surface area contributed by atoms with Crippen molar-refractivity contribution >= 4 is 0 Å². The van der Waals surface area contributed by atoms with E-state index in [1.807, 2.05) is 0 Å². The SMILES string of the molecule is CC1=C(N2CC(N)C2)C=CC(C(C)(C)C)=CC1C. The summed E-state index contributed by atoms with van der Waals surface area (Å²) in [7, 11) is 0. The number of nitrogens with zero attached hydrogens (tertiary/aromatic N) is 1. The van der Waals surface area contributed by atoms with Gasteiger partial charge in [-0.2, -0.15) is 0 Å². The number of hydrogen-bond donors (Lipinski definition) is 1. The van der Waals surface area contributed by atoms with Gasteiger partial charge in [-0.25, -0.2) is 0 Å². The highest BCUT2D eigenvalue weighted by atomic mass is 15.2. The lowest BCUT2D eigenvalue weighted by Crippen LogP contribution is -2.54. The zero-order chi connectivity index (χ0) is 13.5. The summed E-state index contributed by atoms with van der Waals surface area (Å²) < 4.78 is 0. The normalized spacial score (nSPS) is 26.0. The van der Waals surface area contributed by atoms with Gasteiger partial charge in [-0.3, -0.25) is 0 Å². The van der Waals surface area contributed by atoms with Gasteiger partial charge in [0, 0.05) is 24.8 Å². The van der Waals surface area contributed by atoms with Crippen LogP contribution in [0.1, 0.15) is 34.6 Å². The fraction of sp³-hybridized carbons (Fsp3) is 0.625. The molecule has 2 heteroatoms. The fourth-order valence-corrected chi connectivity index (χ4v) is 2.55. The van der Waals surface area contributed by atoms with Crippen molar-refractivity contribution in [3.8, 4) is 0 Å². The first-order valence-electron chi connectivity index (χ1n) is 6.90. The molecule has 0 bridgehead atoms. The van der Waals surface area contributed by atoms with Gasteiger partial charge in [-0.05, 0) is 35.5 Å². The van der Waals surface area contributed by atoms with Crippen LogP contribution in [0, 0.1) is 11.3 Å². The highest BCUT2D eigenvalue weighted by Crippen LogP contribution is 2.34. The predicted octanol–water partition coefficient (Wildman–Crippen LogP) is 3.08. The van der Waals surface area contributed by atoms with Crippen molar-refractivity contribution in [2.75, 3.05) is 13.1 Å². The smallest absolute Gasteiger partial charge is 0.0395 e. The highest BCUT2D eigenvalue weighted by Gasteiger charge is 2.27. The van der Waals surface area contributed by atoms with E-state index >= 15 is 0 Å². The third kappa shape index (κ3) is 2.54. The standard InChI is InChI=1S/C16H26N2/c1-11-8-13(16(3,4)5)6-7-15(12(11)2)18-9-14(17)10-18/h6-8,11,14H,9-10,17H2,1-5H3. The van der Waals surface area contributed by atoms with Crippen molar-refractivity contribution in [2.24, 2.45) is 17.1 Å². The van der Waals surface area contributed by atoms with E-state index in [-0.39, 0.29) is 5.41 Å². The Morgan fingerprint density at radius 2 is 1.83 bits per heavy atom. The Morgan fingerprint density at radius 1 is 1.22 bits per heavy atom. The maximum absolute atomic E-state index is 5.89. The van der Waals surface area contributed by atoms with Gasteiger partial charge in [0.25, 0.3) is 0 Å². The first-order chi connectivity index (χ1) is 8.29. The van der Waals surface area contributed by atoms with Gasteiger partial charge in [-0.15, -0.1) is 0 Å². The highest BCUT2D eigenvalue weighted by molar-refractivity contribution is 5.40. The second-order valence-corrected chi connectivity index (χ2v) is 6.73. The van der Waals surface area contributed by atoms with Crippen molar-refractivity contribution in [3.63, 3.8) is 0 Å². The molecule has 1 aliphatic carbocycles. The lowest BCUT2D eigenvalue weighted by Gasteiger charge is -2.40. The van der Waals surface area contributed by atoms with Crippen LogP contribution < -0.4 is 5.73 Å². The number of allylic oxidation sites excluding steroid dienone is 5. The van der Waals surface area contributed by atoms with Crippen LogP contribution in [0.15, 0.2) is 35.1 Å². The molecule has 0 amide bonds. The molecule has 1 saturated heterocycles. The Balaban J connectivity index is 2.26. The van der Waals surface area contributed by atoms with Crippen LogP contribution in [0.2, 0.25) is 0 Å². The van der Waals surface area contributed by atoms with Crippen LogP contribution in [0.5, 0.6) is 0 Å². The quantitative estimate of drug-likeness (QED) is 0.770. The van der Waals surface area contributed by atoms with Gasteiger partial charge >= 0.3 is 0 Å². The van der Waals surface area contributed by atoms with E-state index in [0.29, 0.717) is 12.0 Å². The van der Waals surface area contributed by atoms with E-state index in [2.05, 4.69) is 57.7 Å². The molecule has 100 valence electrons. The number of likely N-dealkylation sites (tertiary alicyclic amines) is 1. The first-order valence-corrected chi connectivity index (χ1v) is 6.90. The van der Waals surface area contributed by atoms with Crippen molar-refractivity contribution in [3.05, 3.63) is 35.1 Å². The van der Waals surface area contributed by atoms with E-state index in [1.54, 1.807) is 0 Å². The summed E-state index contributed by atoms with van der Waals surface area (Å²) in [4.78, 5) is 2.40. The molecular weight excluding hydrogens is 220 g/mol. The summed E-state index contributed by atoms with van der Waals surface area (Å²) in [6, 6.07) is 0.354. The minimum absolute atomic E-state index is 0.214. The summed E-state index contributed by atoms with van der Waals surface area (Å²) in [6.45, 7) is 13.3. The molecule has 1 atom stereocenters. The molecule has 2 nitrogen and oxygen atoms in total. The van der Waals surface area contributed by atoms with Crippen LogP contribution in [0.3, 0.4) is 0 Å². The molecule has 2 N–H and O–H groups in total. The van der Waals surface area contributed by atoms with Crippen molar-refractivity contribution in [1.29, 1.82) is 0 Å². The van der Waals surface area contributed by atoms with Gasteiger partial charge in [-0.1, -0.05) is 39.8 Å². The molecule has 1 heterocycles. The topological polar surface area (TPSA) is 29.3 Å². The molecule has 1 aliphatic heterocycles. The number of rotatable bonds is 1. The summed E-state index contributed by atoms with van der Waals surface area (Å²) in [5.41, 5.74) is 10.4. The molecule has 18 heavy (non-hydrogen) atoms. The van der Waals surface area contributed by atoms with Gasteiger partial charge in [0.15, 0.2) is 0 Å². The molecule has 0 aromatic carbocycles. The summed E-state index contributed by atoms with van der Waals surface area (Å²) in [6.07, 6.45) is 6.96. The molecule has 2 rings (SSSR count). The Bertz CT molecular complexity index is 415. The Morgan fingerprint density at radius 3 is 2.33 bits per heavy atom. The van der Waals surface area contributed by atoms with E-state index in [9.17, 15) is 0 Å². The van der Waals surface area contributed by atoms with E-state index < -0.39 is 0 Å². The monoisotopic (exact) mass is 246 g/mol. The van der Waals surface area contributed by atoms with E-state index in [1.165, 1.54) is 16.8 Å². The van der Waals surface area contributed by atoms with Gasteiger partial charge in [0.2, 0.25) is 0 Å². The molecule has 0 spiro atoms. The zero-order valence-electron chi connectivity index (χ0n) is 12.3. The lowest BCUT2D eigenvalue weighted by molar-refractivity contribution is 0.205. The average Bonchev–Trinajstić information content (AvgIpc) is 2.35. The molecular formula is C16H26N2. The minimum Gasteiger partial charge on any atom is -0.368 e. The molecule has 2 aliphatic rings. The molecule has 0 aromatic heterocycles. The third-order valence-electron chi connectivity index (χ3n) is 4.05. The van der Waals surface area contributed by atoms with Crippen LogP contribution in [0.4, 0.5) is 0 Å². The second-order valence-electron chi connectivity index (χ2n) is 6.73. The molecule has 0 saturated carbocycles. The Hall–Kier alpha value is -1.02. The second kappa shape index (κ2) is 4.58. The van der Waals surface area contributed by atoms with E-state index in [4.69, 9.17) is 5.73 Å². The Kier molecular flexibility index (Phi) is 3.41.